The van der Waals surface area contributed by atoms with Crippen LogP contribution in [0.1, 0.15) is 19.4 Å². The number of carbonyl (C=O) groups is 2. The minimum Gasteiger partial charge on any atom is -0.465 e. The van der Waals surface area contributed by atoms with E-state index in [1.807, 2.05) is 0 Å². The Morgan fingerprint density at radius 1 is 1.11 bits per heavy atom. The monoisotopic (exact) mass is 284 g/mol. The number of ether oxygens (including phenoxy) is 2. The molecule has 0 N–H and O–H groups in total. The van der Waals surface area contributed by atoms with Gasteiger partial charge in [-0.2, -0.15) is 0 Å². The summed E-state index contributed by atoms with van der Waals surface area (Å²) in [6.07, 6.45) is 0.178. The maximum atomic E-state index is 11.8. The predicted molar refractivity (Wildman–Crippen MR) is 71.9 cm³/mol. The number of benzene rings is 1. The Hall–Kier alpha value is -1.55. The van der Waals surface area contributed by atoms with Crippen molar-refractivity contribution in [3.05, 3.63) is 34.9 Å². The lowest BCUT2D eigenvalue weighted by molar-refractivity contribution is -0.161. The quantitative estimate of drug-likeness (QED) is 0.595. The SMILES string of the molecule is CCOC(=O)C(Cc1ccccc1Cl)C(=O)OCC. The zero-order valence-electron chi connectivity index (χ0n) is 11.0. The smallest absolute Gasteiger partial charge is 0.320 e. The predicted octanol–water partition coefficient (Wildman–Crippen LogP) is 2.62. The number of rotatable bonds is 6. The molecular formula is C14H17ClO4. The van der Waals surface area contributed by atoms with Gasteiger partial charge in [0.15, 0.2) is 5.92 Å². The molecule has 1 aromatic carbocycles. The van der Waals surface area contributed by atoms with E-state index in [1.165, 1.54) is 0 Å². The van der Waals surface area contributed by atoms with E-state index < -0.39 is 17.9 Å². The maximum Gasteiger partial charge on any atom is 0.320 e. The molecule has 0 radical (unpaired) electrons. The fourth-order valence-corrected chi connectivity index (χ4v) is 1.85. The van der Waals surface area contributed by atoms with Crippen LogP contribution < -0.4 is 0 Å². The number of carbonyl (C=O) groups excluding carboxylic acids is 2. The summed E-state index contributed by atoms with van der Waals surface area (Å²) in [6.45, 7) is 3.82. The first kappa shape index (κ1) is 15.5. The Kier molecular flexibility index (Phi) is 6.36. The van der Waals surface area contributed by atoms with Gasteiger partial charge in [0.2, 0.25) is 0 Å². The molecule has 104 valence electrons. The average molecular weight is 285 g/mol. The molecule has 0 saturated heterocycles. The molecule has 1 rings (SSSR count). The summed E-state index contributed by atoms with van der Waals surface area (Å²) in [6, 6.07) is 7.07. The van der Waals surface area contributed by atoms with E-state index in [0.717, 1.165) is 5.56 Å². The second-order valence-electron chi connectivity index (χ2n) is 3.85. The van der Waals surface area contributed by atoms with Crippen molar-refractivity contribution >= 4 is 23.5 Å². The van der Waals surface area contributed by atoms with Gasteiger partial charge in [0.1, 0.15) is 0 Å². The summed E-state index contributed by atoms with van der Waals surface area (Å²) in [5, 5.41) is 0.515. The van der Waals surface area contributed by atoms with Crippen LogP contribution in [-0.4, -0.2) is 25.2 Å². The Labute approximate surface area is 117 Å². The third-order valence-corrected chi connectivity index (χ3v) is 2.89. The highest BCUT2D eigenvalue weighted by Gasteiger charge is 2.30. The first-order chi connectivity index (χ1) is 9.10. The van der Waals surface area contributed by atoms with Crippen molar-refractivity contribution in [3.8, 4) is 0 Å². The summed E-state index contributed by atoms with van der Waals surface area (Å²) in [5.41, 5.74) is 0.718. The lowest BCUT2D eigenvalue weighted by Gasteiger charge is -2.15. The highest BCUT2D eigenvalue weighted by molar-refractivity contribution is 6.31. The molecule has 5 heteroatoms. The minimum atomic E-state index is -0.972. The summed E-state index contributed by atoms with van der Waals surface area (Å²) in [7, 11) is 0. The molecule has 19 heavy (non-hydrogen) atoms. The van der Waals surface area contributed by atoms with Crippen LogP contribution in [0.3, 0.4) is 0 Å². The van der Waals surface area contributed by atoms with Gasteiger partial charge in [-0.1, -0.05) is 29.8 Å². The van der Waals surface area contributed by atoms with Crippen molar-refractivity contribution in [1.82, 2.24) is 0 Å². The fourth-order valence-electron chi connectivity index (χ4n) is 1.63. The highest BCUT2D eigenvalue weighted by atomic mass is 35.5. The van der Waals surface area contributed by atoms with Gasteiger partial charge in [0.25, 0.3) is 0 Å². The second kappa shape index (κ2) is 7.79. The van der Waals surface area contributed by atoms with Crippen LogP contribution in [0.25, 0.3) is 0 Å². The lowest BCUT2D eigenvalue weighted by atomic mass is 9.99. The van der Waals surface area contributed by atoms with Crippen molar-refractivity contribution in [3.63, 3.8) is 0 Å². The van der Waals surface area contributed by atoms with Gasteiger partial charge in [-0.15, -0.1) is 0 Å². The number of halogens is 1. The van der Waals surface area contributed by atoms with Crippen LogP contribution in [0, 0.1) is 5.92 Å². The van der Waals surface area contributed by atoms with Crippen molar-refractivity contribution < 1.29 is 19.1 Å². The largest absolute Gasteiger partial charge is 0.465 e. The van der Waals surface area contributed by atoms with E-state index in [1.54, 1.807) is 38.1 Å². The molecule has 0 aliphatic rings. The van der Waals surface area contributed by atoms with Gasteiger partial charge in [-0.05, 0) is 31.9 Å². The van der Waals surface area contributed by atoms with E-state index in [-0.39, 0.29) is 19.6 Å². The van der Waals surface area contributed by atoms with Crippen molar-refractivity contribution in [2.75, 3.05) is 13.2 Å². The molecule has 4 nitrogen and oxygen atoms in total. The molecule has 0 bridgehead atoms. The first-order valence-corrected chi connectivity index (χ1v) is 6.54. The zero-order chi connectivity index (χ0) is 14.3. The van der Waals surface area contributed by atoms with Gasteiger partial charge >= 0.3 is 11.9 Å². The molecular weight excluding hydrogens is 268 g/mol. The van der Waals surface area contributed by atoms with Crippen LogP contribution >= 0.6 is 11.6 Å². The molecule has 0 aliphatic carbocycles. The van der Waals surface area contributed by atoms with Gasteiger partial charge in [-0.3, -0.25) is 9.59 Å². The Morgan fingerprint density at radius 3 is 2.11 bits per heavy atom. The van der Waals surface area contributed by atoms with E-state index in [0.29, 0.717) is 5.02 Å². The van der Waals surface area contributed by atoms with Gasteiger partial charge in [-0.25, -0.2) is 0 Å². The standard InChI is InChI=1S/C14H17ClO4/c1-3-18-13(16)11(14(17)19-4-2)9-10-7-5-6-8-12(10)15/h5-8,11H,3-4,9H2,1-2H3. The average Bonchev–Trinajstić information content (AvgIpc) is 2.38. The molecule has 1 aromatic rings. The van der Waals surface area contributed by atoms with E-state index in [9.17, 15) is 9.59 Å². The highest BCUT2D eigenvalue weighted by Crippen LogP contribution is 2.20. The maximum absolute atomic E-state index is 11.8. The number of hydrogen-bond donors (Lipinski definition) is 0. The normalized spacial score (nSPS) is 10.3. The van der Waals surface area contributed by atoms with Crippen LogP contribution in [0.15, 0.2) is 24.3 Å². The first-order valence-electron chi connectivity index (χ1n) is 6.16. The molecule has 0 heterocycles. The van der Waals surface area contributed by atoms with E-state index >= 15 is 0 Å². The molecule has 0 unspecified atom stereocenters. The van der Waals surface area contributed by atoms with Crippen LogP contribution in [0.4, 0.5) is 0 Å². The summed E-state index contributed by atoms with van der Waals surface area (Å²) < 4.78 is 9.80. The Morgan fingerprint density at radius 2 is 1.63 bits per heavy atom. The van der Waals surface area contributed by atoms with Crippen molar-refractivity contribution in [2.24, 2.45) is 5.92 Å². The van der Waals surface area contributed by atoms with Gasteiger partial charge in [0, 0.05) is 5.02 Å². The third-order valence-electron chi connectivity index (χ3n) is 2.52. The summed E-state index contributed by atoms with van der Waals surface area (Å²) in [4.78, 5) is 23.6. The van der Waals surface area contributed by atoms with E-state index in [2.05, 4.69) is 0 Å². The van der Waals surface area contributed by atoms with E-state index in [4.69, 9.17) is 21.1 Å². The topological polar surface area (TPSA) is 52.6 Å². The van der Waals surface area contributed by atoms with Crippen molar-refractivity contribution in [1.29, 1.82) is 0 Å². The van der Waals surface area contributed by atoms with Crippen molar-refractivity contribution in [2.45, 2.75) is 20.3 Å². The molecule has 0 amide bonds. The fraction of sp³-hybridized carbons (Fsp3) is 0.429. The third kappa shape index (κ3) is 4.56. The molecule has 0 fully saturated rings. The summed E-state index contributed by atoms with van der Waals surface area (Å²) in [5.74, 6) is -2.14. The van der Waals surface area contributed by atoms with Gasteiger partial charge < -0.3 is 9.47 Å². The molecule has 0 aromatic heterocycles. The zero-order valence-corrected chi connectivity index (χ0v) is 11.8. The van der Waals surface area contributed by atoms with Gasteiger partial charge in [0.05, 0.1) is 13.2 Å². The number of hydrogen-bond acceptors (Lipinski definition) is 4. The Balaban J connectivity index is 2.88. The molecule has 0 spiro atoms. The second-order valence-corrected chi connectivity index (χ2v) is 4.26. The van der Waals surface area contributed by atoms with Crippen LogP contribution in [0.2, 0.25) is 5.02 Å². The molecule has 0 atom stereocenters. The summed E-state index contributed by atoms with van der Waals surface area (Å²) >= 11 is 6.03. The molecule has 0 saturated carbocycles. The van der Waals surface area contributed by atoms with Crippen LogP contribution in [0.5, 0.6) is 0 Å². The lowest BCUT2D eigenvalue weighted by Crippen LogP contribution is -2.30. The van der Waals surface area contributed by atoms with Crippen LogP contribution in [-0.2, 0) is 25.5 Å². The Bertz CT molecular complexity index is 427. The number of esters is 2. The minimum absolute atomic E-state index is 0.178. The molecule has 0 aliphatic heterocycles.